The first-order valence-corrected chi connectivity index (χ1v) is 11.9. The van der Waals surface area contributed by atoms with Gasteiger partial charge >= 0.3 is 0 Å². The van der Waals surface area contributed by atoms with Gasteiger partial charge in [-0.15, -0.1) is 0 Å². The number of hydrogen-bond acceptors (Lipinski definition) is 5. The molecule has 2 aromatic rings. The molecule has 160 valence electrons. The van der Waals surface area contributed by atoms with Crippen molar-refractivity contribution in [2.24, 2.45) is 0 Å². The van der Waals surface area contributed by atoms with E-state index < -0.39 is 27.7 Å². The number of aromatic nitrogens is 1. The van der Waals surface area contributed by atoms with Crippen LogP contribution in [0.5, 0.6) is 0 Å². The van der Waals surface area contributed by atoms with Crippen LogP contribution in [-0.4, -0.2) is 38.2 Å². The van der Waals surface area contributed by atoms with Gasteiger partial charge in [-0.05, 0) is 43.5 Å². The lowest BCUT2D eigenvalue weighted by Crippen LogP contribution is -2.32. The second-order valence-electron chi connectivity index (χ2n) is 7.30. The Morgan fingerprint density at radius 1 is 1.33 bits per heavy atom. The first kappa shape index (κ1) is 22.2. The van der Waals surface area contributed by atoms with Crippen LogP contribution in [0.1, 0.15) is 41.7 Å². The van der Waals surface area contributed by atoms with E-state index in [0.717, 1.165) is 30.1 Å². The Morgan fingerprint density at radius 3 is 2.73 bits per heavy atom. The van der Waals surface area contributed by atoms with Crippen molar-refractivity contribution in [1.82, 2.24) is 10.3 Å². The van der Waals surface area contributed by atoms with Crippen LogP contribution in [0, 0.1) is 5.95 Å². The molecule has 0 saturated carbocycles. The Bertz CT molecular complexity index is 1070. The summed E-state index contributed by atoms with van der Waals surface area (Å²) in [4.78, 5) is 18.4. The molecule has 2 heterocycles. The molecule has 3 rings (SSSR count). The Morgan fingerprint density at radius 2 is 2.07 bits per heavy atom. The van der Waals surface area contributed by atoms with E-state index in [1.807, 2.05) is 29.2 Å². The van der Waals surface area contributed by atoms with Crippen molar-refractivity contribution in [2.75, 3.05) is 17.7 Å². The van der Waals surface area contributed by atoms with Crippen molar-refractivity contribution in [1.29, 1.82) is 0 Å². The number of anilines is 1. The first-order valence-electron chi connectivity index (χ1n) is 9.52. The van der Waals surface area contributed by atoms with Crippen LogP contribution in [0.2, 0.25) is 5.02 Å². The Labute approximate surface area is 180 Å². The summed E-state index contributed by atoms with van der Waals surface area (Å²) in [5.74, 6) is -1.10. The predicted octanol–water partition coefficient (Wildman–Crippen LogP) is 3.89. The number of carbonyl (C=O) groups excluding carboxylic acids is 1. The number of hydrogen-bond donors (Lipinski definition) is 1. The highest BCUT2D eigenvalue weighted by atomic mass is 35.5. The molecular formula is C21H23ClFN3O3S. The summed E-state index contributed by atoms with van der Waals surface area (Å²) in [6.07, 6.45) is 4.17. The summed E-state index contributed by atoms with van der Waals surface area (Å²) in [6.45, 7) is 2.30. The van der Waals surface area contributed by atoms with Gasteiger partial charge in [-0.25, -0.2) is 13.4 Å². The highest BCUT2D eigenvalue weighted by molar-refractivity contribution is 7.93. The molecule has 1 unspecified atom stereocenters. The van der Waals surface area contributed by atoms with Crippen molar-refractivity contribution in [3.63, 3.8) is 0 Å². The number of nitrogens with zero attached hydrogens (tertiary/aromatic N) is 2. The highest BCUT2D eigenvalue weighted by Crippen LogP contribution is 2.38. The second kappa shape index (κ2) is 9.14. The minimum Gasteiger partial charge on any atom is -0.349 e. The van der Waals surface area contributed by atoms with Crippen molar-refractivity contribution in [2.45, 2.75) is 31.8 Å². The lowest BCUT2D eigenvalue weighted by Gasteiger charge is -2.27. The Balaban J connectivity index is 1.77. The zero-order valence-corrected chi connectivity index (χ0v) is 18.3. The van der Waals surface area contributed by atoms with Gasteiger partial charge in [0.2, 0.25) is 5.95 Å². The third-order valence-corrected chi connectivity index (χ3v) is 5.86. The molecule has 30 heavy (non-hydrogen) atoms. The standard InChI is InChI=1S/C21H23ClFN3O3S/c1-14(11-13-30(2,28)29)24-21(27)16-9-10-19(25-20(16)23)26-12-5-8-18(26)15-6-3-4-7-17(15)22/h3-4,6-7,9-11,13-14,18H,5,8,12H2,1-2H3,(H,24,27)/b13-11+/t14-,18?/m1/s1. The summed E-state index contributed by atoms with van der Waals surface area (Å²) in [5, 5.41) is 4.19. The average molecular weight is 452 g/mol. The molecule has 0 aliphatic carbocycles. The molecule has 1 amide bonds. The van der Waals surface area contributed by atoms with E-state index in [1.54, 1.807) is 13.0 Å². The normalized spacial score (nSPS) is 18.0. The van der Waals surface area contributed by atoms with Crippen molar-refractivity contribution in [3.8, 4) is 0 Å². The van der Waals surface area contributed by atoms with E-state index in [1.165, 1.54) is 12.1 Å². The number of carbonyl (C=O) groups is 1. The number of sulfone groups is 1. The number of nitrogens with one attached hydrogen (secondary N) is 1. The molecule has 1 aliphatic rings. The van der Waals surface area contributed by atoms with Crippen LogP contribution in [0.15, 0.2) is 47.9 Å². The van der Waals surface area contributed by atoms with E-state index in [-0.39, 0.29) is 11.6 Å². The van der Waals surface area contributed by atoms with E-state index in [4.69, 9.17) is 11.6 Å². The summed E-state index contributed by atoms with van der Waals surface area (Å²) in [6, 6.07) is 9.97. The van der Waals surface area contributed by atoms with E-state index in [2.05, 4.69) is 10.3 Å². The summed E-state index contributed by atoms with van der Waals surface area (Å²) in [7, 11) is -3.31. The number of amides is 1. The zero-order valence-electron chi connectivity index (χ0n) is 16.7. The van der Waals surface area contributed by atoms with Gasteiger partial charge in [0.1, 0.15) is 5.82 Å². The largest absolute Gasteiger partial charge is 0.349 e. The summed E-state index contributed by atoms with van der Waals surface area (Å²) in [5.41, 5.74) is 0.763. The molecule has 2 atom stereocenters. The third-order valence-electron chi connectivity index (χ3n) is 4.86. The summed E-state index contributed by atoms with van der Waals surface area (Å²) < 4.78 is 37.0. The van der Waals surface area contributed by atoms with Crippen LogP contribution in [0.4, 0.5) is 10.2 Å². The molecule has 1 aromatic heterocycles. The van der Waals surface area contributed by atoms with Gasteiger partial charge in [-0.2, -0.15) is 4.39 Å². The van der Waals surface area contributed by atoms with Gasteiger partial charge in [0, 0.05) is 29.3 Å². The number of halogens is 2. The number of rotatable bonds is 6. The lowest BCUT2D eigenvalue weighted by atomic mass is 10.0. The van der Waals surface area contributed by atoms with Gasteiger partial charge in [0.15, 0.2) is 9.84 Å². The van der Waals surface area contributed by atoms with Gasteiger partial charge < -0.3 is 10.2 Å². The fourth-order valence-electron chi connectivity index (χ4n) is 3.46. The Kier molecular flexibility index (Phi) is 6.77. The molecule has 0 spiro atoms. The van der Waals surface area contributed by atoms with Crippen molar-refractivity contribution >= 4 is 33.2 Å². The molecule has 9 heteroatoms. The van der Waals surface area contributed by atoms with Gasteiger partial charge in [-0.3, -0.25) is 4.79 Å². The molecule has 1 fully saturated rings. The molecule has 1 N–H and O–H groups in total. The molecular weight excluding hydrogens is 429 g/mol. The van der Waals surface area contributed by atoms with Crippen molar-refractivity contribution < 1.29 is 17.6 Å². The van der Waals surface area contributed by atoms with Crippen molar-refractivity contribution in [3.05, 3.63) is 70.0 Å². The summed E-state index contributed by atoms with van der Waals surface area (Å²) >= 11 is 6.34. The topological polar surface area (TPSA) is 79.4 Å². The highest BCUT2D eigenvalue weighted by Gasteiger charge is 2.29. The van der Waals surface area contributed by atoms with Gasteiger partial charge in [0.05, 0.1) is 11.6 Å². The number of pyridine rings is 1. The van der Waals surface area contributed by atoms with E-state index in [9.17, 15) is 17.6 Å². The second-order valence-corrected chi connectivity index (χ2v) is 9.64. The van der Waals surface area contributed by atoms with Gasteiger partial charge in [-0.1, -0.05) is 35.9 Å². The molecule has 1 saturated heterocycles. The SMILES string of the molecule is C[C@H](/C=C/S(C)(=O)=O)NC(=O)c1ccc(N2CCCC2c2ccccc2Cl)nc1F. The fraction of sp³-hybridized carbons (Fsp3) is 0.333. The Hall–Kier alpha value is -2.45. The maximum atomic E-state index is 14.6. The van der Waals surface area contributed by atoms with E-state index >= 15 is 0 Å². The van der Waals surface area contributed by atoms with E-state index in [0.29, 0.717) is 17.4 Å². The fourth-order valence-corrected chi connectivity index (χ4v) is 4.24. The molecule has 0 bridgehead atoms. The predicted molar refractivity (Wildman–Crippen MR) is 116 cm³/mol. The van der Waals surface area contributed by atoms with Crippen LogP contribution in [0.25, 0.3) is 0 Å². The monoisotopic (exact) mass is 451 g/mol. The van der Waals surface area contributed by atoms with Crippen LogP contribution < -0.4 is 10.2 Å². The minimum absolute atomic E-state index is 0.00794. The van der Waals surface area contributed by atoms with Gasteiger partial charge in [0.25, 0.3) is 5.91 Å². The van der Waals surface area contributed by atoms with Crippen LogP contribution in [0.3, 0.4) is 0 Å². The molecule has 0 radical (unpaired) electrons. The number of benzene rings is 1. The molecule has 1 aromatic carbocycles. The average Bonchev–Trinajstić information content (AvgIpc) is 3.15. The van der Waals surface area contributed by atoms with Crippen LogP contribution in [-0.2, 0) is 9.84 Å². The smallest absolute Gasteiger partial charge is 0.256 e. The zero-order chi connectivity index (χ0) is 21.9. The maximum absolute atomic E-state index is 14.6. The maximum Gasteiger partial charge on any atom is 0.256 e. The van der Waals surface area contributed by atoms with Crippen LogP contribution >= 0.6 is 11.6 Å². The molecule has 6 nitrogen and oxygen atoms in total. The third kappa shape index (κ3) is 5.37. The lowest BCUT2D eigenvalue weighted by molar-refractivity contribution is 0.0942. The molecule has 1 aliphatic heterocycles. The minimum atomic E-state index is -3.31. The first-order chi connectivity index (χ1) is 14.2. The quantitative estimate of drug-likeness (QED) is 0.674.